The molecule has 1 N–H and O–H groups in total. The Morgan fingerprint density at radius 2 is 1.85 bits per heavy atom. The van der Waals surface area contributed by atoms with Crippen molar-refractivity contribution >= 4 is 49.7 Å². The Balaban J connectivity index is 1.47. The minimum absolute atomic E-state index is 0.0514. The Morgan fingerprint density at radius 3 is 2.62 bits per heavy atom. The number of hydrogen-bond donors (Lipinski definition) is 1. The molecule has 7 nitrogen and oxygen atoms in total. The Kier molecular flexibility index (Phi) is 6.30. The molecule has 9 heteroatoms. The van der Waals surface area contributed by atoms with Crippen molar-refractivity contribution in [3.05, 3.63) is 69.6 Å². The van der Waals surface area contributed by atoms with Crippen LogP contribution in [0.25, 0.3) is 20.7 Å². The van der Waals surface area contributed by atoms with Gasteiger partial charge in [-0.1, -0.05) is 30.3 Å². The summed E-state index contributed by atoms with van der Waals surface area (Å²) in [6.07, 6.45) is 4.50. The molecule has 3 aromatic heterocycles. The first-order chi connectivity index (χ1) is 16.5. The van der Waals surface area contributed by atoms with Gasteiger partial charge in [-0.15, -0.1) is 22.7 Å². The van der Waals surface area contributed by atoms with Crippen LogP contribution in [0.3, 0.4) is 0 Å². The number of anilines is 1. The lowest BCUT2D eigenvalue weighted by molar-refractivity contribution is -0.116. The molecule has 1 saturated heterocycles. The number of piperidine rings is 1. The van der Waals surface area contributed by atoms with E-state index in [4.69, 9.17) is 0 Å². The van der Waals surface area contributed by atoms with Gasteiger partial charge in [-0.3, -0.25) is 19.0 Å². The molecule has 4 aromatic rings. The monoisotopic (exact) mass is 492 g/mol. The number of likely N-dealkylation sites (tertiary alicyclic amines) is 1. The smallest absolute Gasteiger partial charge is 0.262 e. The van der Waals surface area contributed by atoms with Crippen LogP contribution in [0.5, 0.6) is 0 Å². The maximum Gasteiger partial charge on any atom is 0.262 e. The molecule has 1 aliphatic rings. The fourth-order valence-electron chi connectivity index (χ4n) is 4.31. The van der Waals surface area contributed by atoms with Gasteiger partial charge in [0.25, 0.3) is 11.5 Å². The summed E-state index contributed by atoms with van der Waals surface area (Å²) in [5.74, 6) is -0.420. The summed E-state index contributed by atoms with van der Waals surface area (Å²) in [5, 5.41) is 5.76. The Morgan fingerprint density at radius 1 is 1.09 bits per heavy atom. The van der Waals surface area contributed by atoms with Crippen molar-refractivity contribution in [2.75, 3.05) is 18.4 Å². The van der Waals surface area contributed by atoms with Gasteiger partial charge in [0, 0.05) is 18.0 Å². The van der Waals surface area contributed by atoms with Crippen LogP contribution < -0.4 is 10.9 Å². The fourth-order valence-corrected chi connectivity index (χ4v) is 6.25. The normalized spacial score (nSPS) is 13.9. The number of carbonyl (C=O) groups excluding carboxylic acids is 2. The van der Waals surface area contributed by atoms with Gasteiger partial charge in [0.1, 0.15) is 16.4 Å². The standard InChI is InChI=1S/C25H24N4O3S2/c1-16-20(25(32)28-11-6-3-7-12-28)23(34-21(16)17-8-4-2-5-9-17)27-19(30)14-29-15-26-22-18(24(29)31)10-13-33-22/h2,4-5,8-10,13,15H,3,6-7,11-12,14H2,1H3,(H,27,30). The zero-order chi connectivity index (χ0) is 23.7. The maximum absolute atomic E-state index is 13.5. The van der Waals surface area contributed by atoms with E-state index in [0.717, 1.165) is 48.4 Å². The van der Waals surface area contributed by atoms with Crippen molar-refractivity contribution in [2.24, 2.45) is 0 Å². The Bertz CT molecular complexity index is 1420. The third kappa shape index (κ3) is 4.28. The van der Waals surface area contributed by atoms with E-state index in [1.54, 1.807) is 6.07 Å². The third-order valence-corrected chi connectivity index (χ3v) is 8.13. The molecule has 0 aliphatic carbocycles. The van der Waals surface area contributed by atoms with Crippen molar-refractivity contribution in [3.8, 4) is 10.4 Å². The number of nitrogens with one attached hydrogen (secondary N) is 1. The number of thiophene rings is 2. The molecule has 0 atom stereocenters. The van der Waals surface area contributed by atoms with Gasteiger partial charge >= 0.3 is 0 Å². The highest BCUT2D eigenvalue weighted by Gasteiger charge is 2.27. The molecule has 1 aliphatic heterocycles. The van der Waals surface area contributed by atoms with E-state index < -0.39 is 0 Å². The molecular formula is C25H24N4O3S2. The number of rotatable bonds is 5. The lowest BCUT2D eigenvalue weighted by Crippen LogP contribution is -2.36. The molecule has 5 rings (SSSR count). The van der Waals surface area contributed by atoms with Crippen molar-refractivity contribution in [3.63, 3.8) is 0 Å². The molecule has 174 valence electrons. The van der Waals surface area contributed by atoms with E-state index in [-0.39, 0.29) is 23.9 Å². The number of hydrogen-bond acceptors (Lipinski definition) is 6. The average Bonchev–Trinajstić information content (AvgIpc) is 3.46. The van der Waals surface area contributed by atoms with Crippen molar-refractivity contribution in [1.82, 2.24) is 14.5 Å². The summed E-state index contributed by atoms with van der Waals surface area (Å²) in [4.78, 5) is 47.0. The first-order valence-corrected chi connectivity index (χ1v) is 12.9. The predicted octanol–water partition coefficient (Wildman–Crippen LogP) is 4.76. The number of nitrogens with zero attached hydrogens (tertiary/aromatic N) is 3. The molecule has 0 spiro atoms. The topological polar surface area (TPSA) is 84.3 Å². The van der Waals surface area contributed by atoms with Crippen LogP contribution in [-0.4, -0.2) is 39.4 Å². The molecule has 4 heterocycles. The third-order valence-electron chi connectivity index (χ3n) is 6.06. The van der Waals surface area contributed by atoms with Crippen LogP contribution in [0, 0.1) is 6.92 Å². The number of fused-ring (bicyclic) bond motifs is 1. The highest BCUT2D eigenvalue weighted by molar-refractivity contribution is 7.20. The molecule has 0 unspecified atom stereocenters. The summed E-state index contributed by atoms with van der Waals surface area (Å²) < 4.78 is 1.30. The van der Waals surface area contributed by atoms with Gasteiger partial charge in [-0.05, 0) is 48.8 Å². The van der Waals surface area contributed by atoms with Crippen molar-refractivity contribution < 1.29 is 9.59 Å². The van der Waals surface area contributed by atoms with Crippen LogP contribution in [0.1, 0.15) is 35.2 Å². The molecule has 1 fully saturated rings. The lowest BCUT2D eigenvalue weighted by Gasteiger charge is -2.27. The minimum atomic E-state index is -0.368. The summed E-state index contributed by atoms with van der Waals surface area (Å²) >= 11 is 2.78. The highest BCUT2D eigenvalue weighted by Crippen LogP contribution is 2.40. The fraction of sp³-hybridized carbons (Fsp3) is 0.280. The van der Waals surface area contributed by atoms with E-state index in [1.165, 1.54) is 33.6 Å². The molecule has 1 aromatic carbocycles. The second-order valence-corrected chi connectivity index (χ2v) is 10.3. The zero-order valence-corrected chi connectivity index (χ0v) is 20.4. The summed E-state index contributed by atoms with van der Waals surface area (Å²) in [6.45, 7) is 3.21. The van der Waals surface area contributed by atoms with Crippen molar-refractivity contribution in [2.45, 2.75) is 32.7 Å². The van der Waals surface area contributed by atoms with Gasteiger partial charge in [-0.25, -0.2) is 4.98 Å². The minimum Gasteiger partial charge on any atom is -0.339 e. The van der Waals surface area contributed by atoms with Crippen LogP contribution in [0.2, 0.25) is 0 Å². The first-order valence-electron chi connectivity index (χ1n) is 11.2. The van der Waals surface area contributed by atoms with Crippen LogP contribution in [-0.2, 0) is 11.3 Å². The zero-order valence-electron chi connectivity index (χ0n) is 18.7. The largest absolute Gasteiger partial charge is 0.339 e. The number of amides is 2. The molecule has 0 saturated carbocycles. The number of aromatic nitrogens is 2. The van der Waals surface area contributed by atoms with Crippen LogP contribution in [0.4, 0.5) is 5.00 Å². The van der Waals surface area contributed by atoms with E-state index in [1.807, 2.05) is 47.5 Å². The maximum atomic E-state index is 13.5. The van der Waals surface area contributed by atoms with Gasteiger partial charge in [-0.2, -0.15) is 0 Å². The summed E-state index contributed by atoms with van der Waals surface area (Å²) in [5.41, 5.74) is 2.15. The highest BCUT2D eigenvalue weighted by atomic mass is 32.1. The molecule has 0 radical (unpaired) electrons. The average molecular weight is 493 g/mol. The van der Waals surface area contributed by atoms with Crippen LogP contribution >= 0.6 is 22.7 Å². The quantitative estimate of drug-likeness (QED) is 0.435. The van der Waals surface area contributed by atoms with E-state index in [2.05, 4.69) is 10.3 Å². The lowest BCUT2D eigenvalue weighted by atomic mass is 10.0. The Hall–Kier alpha value is -3.30. The first kappa shape index (κ1) is 22.5. The molecular weight excluding hydrogens is 468 g/mol. The molecule has 0 bridgehead atoms. The SMILES string of the molecule is Cc1c(-c2ccccc2)sc(NC(=O)Cn2cnc3sccc3c2=O)c1C(=O)N1CCCCC1. The predicted molar refractivity (Wildman–Crippen MR) is 137 cm³/mol. The van der Waals surface area contributed by atoms with Gasteiger partial charge < -0.3 is 10.2 Å². The summed E-state index contributed by atoms with van der Waals surface area (Å²) in [6, 6.07) is 11.6. The van der Waals surface area contributed by atoms with Gasteiger partial charge in [0.15, 0.2) is 0 Å². The second-order valence-electron chi connectivity index (χ2n) is 8.34. The summed E-state index contributed by atoms with van der Waals surface area (Å²) in [7, 11) is 0. The number of benzene rings is 1. The van der Waals surface area contributed by atoms with E-state index >= 15 is 0 Å². The second kappa shape index (κ2) is 9.52. The molecule has 34 heavy (non-hydrogen) atoms. The van der Waals surface area contributed by atoms with Gasteiger partial charge in [0.2, 0.25) is 5.91 Å². The van der Waals surface area contributed by atoms with Crippen molar-refractivity contribution in [1.29, 1.82) is 0 Å². The Labute approximate surface area is 204 Å². The number of carbonyl (C=O) groups is 2. The molecule has 2 amide bonds. The van der Waals surface area contributed by atoms with Crippen LogP contribution in [0.15, 0.2) is 52.9 Å². The van der Waals surface area contributed by atoms with E-state index in [0.29, 0.717) is 20.8 Å². The van der Waals surface area contributed by atoms with Gasteiger partial charge in [0.05, 0.1) is 17.3 Å². The van der Waals surface area contributed by atoms with E-state index in [9.17, 15) is 14.4 Å².